The molecule has 0 atom stereocenters. The summed E-state index contributed by atoms with van der Waals surface area (Å²) in [5, 5.41) is 35.7. The second-order valence-corrected chi connectivity index (χ2v) is 4.75. The lowest BCUT2D eigenvalue weighted by Crippen LogP contribution is -2.04. The third kappa shape index (κ3) is 4.19. The summed E-state index contributed by atoms with van der Waals surface area (Å²) in [6.07, 6.45) is 0.826. The molecule has 0 aliphatic heterocycles. The van der Waals surface area contributed by atoms with Gasteiger partial charge in [-0.15, -0.1) is 0 Å². The minimum absolute atomic E-state index is 0.124. The van der Waals surface area contributed by atoms with E-state index in [2.05, 4.69) is 10.5 Å². The van der Waals surface area contributed by atoms with E-state index in [9.17, 15) is 35.1 Å². The van der Waals surface area contributed by atoms with Crippen LogP contribution >= 0.6 is 0 Å². The molecule has 0 saturated carbocycles. The molecule has 12 nitrogen and oxygen atoms in total. The number of carbonyl (C=O) groups is 1. The van der Waals surface area contributed by atoms with Crippen molar-refractivity contribution in [3.8, 4) is 0 Å². The summed E-state index contributed by atoms with van der Waals surface area (Å²) in [7, 11) is 0. The summed E-state index contributed by atoms with van der Waals surface area (Å²) in [5.74, 6) is -0.600. The highest BCUT2D eigenvalue weighted by molar-refractivity contribution is 6.35. The van der Waals surface area contributed by atoms with E-state index in [0.717, 1.165) is 36.5 Å². The van der Waals surface area contributed by atoms with Gasteiger partial charge in [-0.25, -0.2) is 0 Å². The Hall–Kier alpha value is -4.22. The number of nitrogens with zero attached hydrogens (tertiary/aromatic N) is 4. The first-order chi connectivity index (χ1) is 12.3. The van der Waals surface area contributed by atoms with Crippen LogP contribution in [0.3, 0.4) is 0 Å². The highest BCUT2D eigenvalue weighted by Gasteiger charge is 2.19. The number of rotatable bonds is 7. The largest absolute Gasteiger partial charge is 0.301 e. The number of Topliss-reactive ketones (excluding diaryl/α,β-unsaturated/α-hetero) is 1. The molecule has 0 aliphatic rings. The van der Waals surface area contributed by atoms with Crippen LogP contribution in [-0.4, -0.2) is 26.8 Å². The molecule has 2 aromatic carbocycles. The Labute approximate surface area is 144 Å². The molecule has 0 fully saturated rings. The molecule has 26 heavy (non-hydrogen) atoms. The number of ketones is 1. The van der Waals surface area contributed by atoms with E-state index in [1.165, 1.54) is 12.1 Å². The van der Waals surface area contributed by atoms with Crippen LogP contribution in [-0.2, 0) is 0 Å². The van der Waals surface area contributed by atoms with Gasteiger partial charge in [-0.1, -0.05) is 0 Å². The van der Waals surface area contributed by atoms with Crippen LogP contribution in [0.1, 0.15) is 10.4 Å². The Morgan fingerprint density at radius 1 is 0.885 bits per heavy atom. The van der Waals surface area contributed by atoms with Gasteiger partial charge in [-0.05, 0) is 18.2 Å². The van der Waals surface area contributed by atoms with Crippen molar-refractivity contribution in [3.05, 3.63) is 78.4 Å². The summed E-state index contributed by atoms with van der Waals surface area (Å²) in [5.41, 5.74) is 1.02. The number of hydrazone groups is 1. The molecule has 0 amide bonds. The van der Waals surface area contributed by atoms with E-state index in [-0.39, 0.29) is 16.9 Å². The third-order valence-corrected chi connectivity index (χ3v) is 3.12. The topological polar surface area (TPSA) is 171 Å². The van der Waals surface area contributed by atoms with Crippen LogP contribution in [0.4, 0.5) is 22.7 Å². The van der Waals surface area contributed by atoms with Gasteiger partial charge in [0.15, 0.2) is 0 Å². The van der Waals surface area contributed by atoms with Crippen LogP contribution in [0.25, 0.3) is 0 Å². The minimum atomic E-state index is -0.830. The number of non-ortho nitro benzene ring substituents is 2. The molecule has 2 rings (SSSR count). The van der Waals surface area contributed by atoms with Crippen molar-refractivity contribution in [1.29, 1.82) is 0 Å². The molecule has 0 aromatic heterocycles. The Morgan fingerprint density at radius 3 is 2.00 bits per heavy atom. The highest BCUT2D eigenvalue weighted by atomic mass is 16.6. The summed E-state index contributed by atoms with van der Waals surface area (Å²) >= 11 is 0. The fourth-order valence-electron chi connectivity index (χ4n) is 1.86. The van der Waals surface area contributed by atoms with E-state index in [4.69, 9.17) is 0 Å². The maximum absolute atomic E-state index is 11.9. The Bertz CT molecular complexity index is 924. The fraction of sp³-hybridized carbons (Fsp3) is 0. The quantitative estimate of drug-likeness (QED) is 0.340. The van der Waals surface area contributed by atoms with Crippen molar-refractivity contribution in [2.45, 2.75) is 0 Å². The summed E-state index contributed by atoms with van der Waals surface area (Å²) < 4.78 is 0. The summed E-state index contributed by atoms with van der Waals surface area (Å²) in [4.78, 5) is 41.9. The average Bonchev–Trinajstić information content (AvgIpc) is 2.61. The zero-order chi connectivity index (χ0) is 19.3. The van der Waals surface area contributed by atoms with Gasteiger partial charge < -0.3 is 0 Å². The zero-order valence-corrected chi connectivity index (χ0v) is 12.8. The Morgan fingerprint density at radius 2 is 1.46 bits per heavy atom. The number of hydrogen-bond acceptors (Lipinski definition) is 9. The Kier molecular flexibility index (Phi) is 5.27. The van der Waals surface area contributed by atoms with E-state index in [1.807, 2.05) is 0 Å². The van der Waals surface area contributed by atoms with Crippen LogP contribution in [0, 0.1) is 30.3 Å². The molecular weight excluding hydrogens is 350 g/mol. The van der Waals surface area contributed by atoms with Crippen LogP contribution in [0.5, 0.6) is 0 Å². The first-order valence-corrected chi connectivity index (χ1v) is 6.80. The van der Waals surface area contributed by atoms with Gasteiger partial charge in [0.1, 0.15) is 5.69 Å². The molecular formula is C14H9N5O7. The van der Waals surface area contributed by atoms with Crippen molar-refractivity contribution >= 4 is 34.7 Å². The lowest BCUT2D eigenvalue weighted by atomic mass is 10.1. The zero-order valence-electron chi connectivity index (χ0n) is 12.8. The lowest BCUT2D eigenvalue weighted by molar-refractivity contribution is -0.393. The molecule has 2 aromatic rings. The van der Waals surface area contributed by atoms with Gasteiger partial charge in [0.2, 0.25) is 5.78 Å². The number of hydrogen-bond donors (Lipinski definition) is 1. The predicted molar refractivity (Wildman–Crippen MR) is 89.3 cm³/mol. The average molecular weight is 359 g/mol. The molecule has 0 bridgehead atoms. The van der Waals surface area contributed by atoms with E-state index in [0.29, 0.717) is 0 Å². The van der Waals surface area contributed by atoms with E-state index < -0.39 is 31.9 Å². The number of nitrogens with one attached hydrogen (secondary N) is 1. The smallest absolute Gasteiger partial charge is 0.287 e. The summed E-state index contributed by atoms with van der Waals surface area (Å²) in [6.45, 7) is 0. The monoisotopic (exact) mass is 359 g/mol. The first-order valence-electron chi connectivity index (χ1n) is 6.80. The van der Waals surface area contributed by atoms with Gasteiger partial charge in [-0.3, -0.25) is 40.6 Å². The third-order valence-electron chi connectivity index (χ3n) is 3.12. The van der Waals surface area contributed by atoms with E-state index in [1.54, 1.807) is 0 Å². The normalized spacial score (nSPS) is 10.5. The van der Waals surface area contributed by atoms with Gasteiger partial charge in [-0.2, -0.15) is 5.10 Å². The van der Waals surface area contributed by atoms with Gasteiger partial charge >= 0.3 is 5.69 Å². The lowest BCUT2D eigenvalue weighted by Gasteiger charge is -2.01. The molecule has 0 heterocycles. The summed E-state index contributed by atoms with van der Waals surface area (Å²) in [6, 6.07) is 7.66. The predicted octanol–water partition coefficient (Wildman–Crippen LogP) is 2.69. The van der Waals surface area contributed by atoms with Crippen LogP contribution in [0.15, 0.2) is 47.6 Å². The molecule has 12 heteroatoms. The molecule has 132 valence electrons. The molecule has 0 saturated heterocycles. The van der Waals surface area contributed by atoms with Crippen molar-refractivity contribution in [2.75, 3.05) is 5.43 Å². The van der Waals surface area contributed by atoms with Gasteiger partial charge in [0.05, 0.1) is 27.1 Å². The maximum Gasteiger partial charge on any atom is 0.301 e. The van der Waals surface area contributed by atoms with Crippen molar-refractivity contribution in [1.82, 2.24) is 0 Å². The number of anilines is 1. The molecule has 0 unspecified atom stereocenters. The molecule has 0 aliphatic carbocycles. The van der Waals surface area contributed by atoms with Crippen LogP contribution in [0.2, 0.25) is 0 Å². The fourth-order valence-corrected chi connectivity index (χ4v) is 1.86. The maximum atomic E-state index is 11.9. The molecule has 1 N–H and O–H groups in total. The molecule has 0 radical (unpaired) electrons. The number of nitro groups is 3. The molecule has 0 spiro atoms. The van der Waals surface area contributed by atoms with Crippen molar-refractivity contribution in [2.24, 2.45) is 5.10 Å². The second kappa shape index (κ2) is 7.57. The highest BCUT2D eigenvalue weighted by Crippen LogP contribution is 2.28. The van der Waals surface area contributed by atoms with Crippen LogP contribution < -0.4 is 5.43 Å². The first kappa shape index (κ1) is 18.1. The minimum Gasteiger partial charge on any atom is -0.287 e. The van der Waals surface area contributed by atoms with Gasteiger partial charge in [0.25, 0.3) is 11.4 Å². The van der Waals surface area contributed by atoms with E-state index >= 15 is 0 Å². The second-order valence-electron chi connectivity index (χ2n) is 4.75. The van der Waals surface area contributed by atoms with Gasteiger partial charge in [0, 0.05) is 23.8 Å². The van der Waals surface area contributed by atoms with Crippen molar-refractivity contribution < 1.29 is 19.6 Å². The number of nitro benzene ring substituents is 3. The number of carbonyl (C=O) groups excluding carboxylic acids is 1. The SMILES string of the molecule is O=C(/C=N/Nc1ccc([N+](=O)[O-])cc1[N+](=O)[O-])c1ccc([N+](=O)[O-])cc1. The standard InChI is InChI=1S/C14H9N5O7/c20-14(9-1-3-10(4-2-9)17(21)22)8-15-16-12-6-5-11(18(23)24)7-13(12)19(25)26/h1-8,16H/b15-8+. The van der Waals surface area contributed by atoms with Crippen molar-refractivity contribution in [3.63, 3.8) is 0 Å². The number of benzene rings is 2. The Balaban J connectivity index is 2.14.